The molecule has 0 heterocycles. The number of nitrogens with zero attached hydrogens (tertiary/aromatic N) is 1. The number of nitro benzene ring substituents is 1. The summed E-state index contributed by atoms with van der Waals surface area (Å²) < 4.78 is 16.0. The van der Waals surface area contributed by atoms with Crippen LogP contribution in [0.25, 0.3) is 0 Å². The maximum absolute atomic E-state index is 11.9. The molecule has 0 radical (unpaired) electrons. The molecule has 1 atom stereocenters. The Morgan fingerprint density at radius 3 is 2.52 bits per heavy atom. The van der Waals surface area contributed by atoms with E-state index in [1.54, 1.807) is 0 Å². The van der Waals surface area contributed by atoms with Crippen LogP contribution in [0.4, 0.5) is 10.5 Å². The molecule has 0 spiro atoms. The third-order valence-electron chi connectivity index (χ3n) is 4.59. The monoisotopic (exact) mass is 439 g/mol. The molecule has 0 aliphatic rings. The predicted molar refractivity (Wildman–Crippen MR) is 115 cm³/mol. The number of ether oxygens (including phenoxy) is 3. The molecule has 0 bridgehead atoms. The Morgan fingerprint density at radius 2 is 1.90 bits per heavy atom. The standard InChI is InChI=1S/C21H33N3O7/c1-5-6-7-8-11-23-20(25)10-9-12-30-19-14-17(24(27)28)16(13-18(19)29-4)15(2)31-21(26)22-3/h13-15H,5-12H2,1-4H3,(H,22,26)(H,23,25). The van der Waals surface area contributed by atoms with Crippen molar-refractivity contribution in [1.29, 1.82) is 0 Å². The Labute approximate surface area is 182 Å². The van der Waals surface area contributed by atoms with Gasteiger partial charge in [0.2, 0.25) is 5.91 Å². The van der Waals surface area contributed by atoms with Gasteiger partial charge in [0.25, 0.3) is 5.69 Å². The third-order valence-corrected chi connectivity index (χ3v) is 4.59. The van der Waals surface area contributed by atoms with Gasteiger partial charge in [0.1, 0.15) is 6.10 Å². The van der Waals surface area contributed by atoms with Crippen LogP contribution in [0.3, 0.4) is 0 Å². The van der Waals surface area contributed by atoms with E-state index in [0.29, 0.717) is 19.4 Å². The molecular weight excluding hydrogens is 406 g/mol. The SMILES string of the molecule is CCCCCCNC(=O)CCCOc1cc([N+](=O)[O-])c(C(C)OC(=O)NC)cc1OC. The van der Waals surface area contributed by atoms with Gasteiger partial charge in [-0.2, -0.15) is 0 Å². The molecule has 1 aromatic carbocycles. The van der Waals surface area contributed by atoms with Gasteiger partial charge in [0, 0.05) is 20.0 Å². The quantitative estimate of drug-likeness (QED) is 0.256. The van der Waals surface area contributed by atoms with Crippen molar-refractivity contribution in [1.82, 2.24) is 10.6 Å². The number of amides is 2. The van der Waals surface area contributed by atoms with Crippen molar-refractivity contribution in [3.63, 3.8) is 0 Å². The number of carbonyl (C=O) groups is 2. The van der Waals surface area contributed by atoms with Gasteiger partial charge < -0.3 is 24.8 Å². The molecule has 1 unspecified atom stereocenters. The van der Waals surface area contributed by atoms with Gasteiger partial charge in [0.15, 0.2) is 11.5 Å². The lowest BCUT2D eigenvalue weighted by Gasteiger charge is -2.17. The minimum Gasteiger partial charge on any atom is -0.493 e. The number of methoxy groups -OCH3 is 1. The first-order chi connectivity index (χ1) is 14.8. The van der Waals surface area contributed by atoms with Gasteiger partial charge in [-0.15, -0.1) is 0 Å². The van der Waals surface area contributed by atoms with Crippen LogP contribution in [0.5, 0.6) is 11.5 Å². The van der Waals surface area contributed by atoms with Crippen LogP contribution in [0.15, 0.2) is 12.1 Å². The number of unbranched alkanes of at least 4 members (excludes halogenated alkanes) is 3. The lowest BCUT2D eigenvalue weighted by atomic mass is 10.1. The number of benzene rings is 1. The fourth-order valence-corrected chi connectivity index (χ4v) is 2.89. The van der Waals surface area contributed by atoms with E-state index in [-0.39, 0.29) is 35.3 Å². The zero-order valence-corrected chi connectivity index (χ0v) is 18.7. The molecule has 1 aromatic rings. The topological polar surface area (TPSA) is 129 Å². The number of rotatable bonds is 14. The Balaban J connectivity index is 2.69. The summed E-state index contributed by atoms with van der Waals surface area (Å²) in [5.74, 6) is 0.409. The zero-order valence-electron chi connectivity index (χ0n) is 18.7. The number of carbonyl (C=O) groups excluding carboxylic acids is 2. The van der Waals surface area contributed by atoms with E-state index in [2.05, 4.69) is 17.6 Å². The van der Waals surface area contributed by atoms with Gasteiger partial charge >= 0.3 is 6.09 Å². The van der Waals surface area contributed by atoms with Crippen LogP contribution in [0, 0.1) is 10.1 Å². The second-order valence-corrected chi connectivity index (χ2v) is 6.98. The molecule has 0 saturated carbocycles. The van der Waals surface area contributed by atoms with E-state index in [1.807, 2.05) is 0 Å². The number of nitrogens with one attached hydrogen (secondary N) is 2. The summed E-state index contributed by atoms with van der Waals surface area (Å²) in [5.41, 5.74) is -0.0720. The lowest BCUT2D eigenvalue weighted by Crippen LogP contribution is -2.24. The average Bonchev–Trinajstić information content (AvgIpc) is 2.75. The minimum atomic E-state index is -0.871. The molecule has 0 aliphatic heterocycles. The lowest BCUT2D eigenvalue weighted by molar-refractivity contribution is -0.386. The van der Waals surface area contributed by atoms with E-state index in [9.17, 15) is 19.7 Å². The molecular formula is C21H33N3O7. The van der Waals surface area contributed by atoms with Gasteiger partial charge in [-0.25, -0.2) is 4.79 Å². The van der Waals surface area contributed by atoms with Gasteiger partial charge in [-0.1, -0.05) is 26.2 Å². The first-order valence-electron chi connectivity index (χ1n) is 10.5. The van der Waals surface area contributed by atoms with Crippen molar-refractivity contribution in [2.45, 2.75) is 58.5 Å². The summed E-state index contributed by atoms with van der Waals surface area (Å²) in [6.45, 7) is 4.52. The highest BCUT2D eigenvalue weighted by Crippen LogP contribution is 2.38. The van der Waals surface area contributed by atoms with E-state index >= 15 is 0 Å². The molecule has 0 fully saturated rings. The van der Waals surface area contributed by atoms with Crippen molar-refractivity contribution in [2.75, 3.05) is 27.3 Å². The van der Waals surface area contributed by atoms with E-state index < -0.39 is 17.1 Å². The molecule has 0 saturated heterocycles. The maximum atomic E-state index is 11.9. The molecule has 1 rings (SSSR count). The van der Waals surface area contributed by atoms with Crippen molar-refractivity contribution >= 4 is 17.7 Å². The van der Waals surface area contributed by atoms with Crippen LogP contribution < -0.4 is 20.1 Å². The molecule has 174 valence electrons. The smallest absolute Gasteiger partial charge is 0.407 e. The van der Waals surface area contributed by atoms with Crippen molar-refractivity contribution in [3.8, 4) is 11.5 Å². The number of alkyl carbamates (subject to hydrolysis) is 1. The van der Waals surface area contributed by atoms with Crippen molar-refractivity contribution in [3.05, 3.63) is 27.8 Å². The van der Waals surface area contributed by atoms with E-state index in [4.69, 9.17) is 14.2 Å². The number of hydrogen-bond donors (Lipinski definition) is 2. The maximum Gasteiger partial charge on any atom is 0.407 e. The van der Waals surface area contributed by atoms with E-state index in [0.717, 1.165) is 25.7 Å². The largest absolute Gasteiger partial charge is 0.493 e. The first kappa shape index (κ1) is 26.0. The summed E-state index contributed by atoms with van der Waals surface area (Å²) in [6, 6.07) is 2.66. The summed E-state index contributed by atoms with van der Waals surface area (Å²) >= 11 is 0. The zero-order chi connectivity index (χ0) is 23.2. The fourth-order valence-electron chi connectivity index (χ4n) is 2.89. The van der Waals surface area contributed by atoms with Gasteiger partial charge in [-0.3, -0.25) is 14.9 Å². The van der Waals surface area contributed by atoms with Crippen LogP contribution in [0.2, 0.25) is 0 Å². The summed E-state index contributed by atoms with van der Waals surface area (Å²) in [7, 11) is 2.81. The van der Waals surface area contributed by atoms with Crippen molar-refractivity contribution in [2.24, 2.45) is 0 Å². The third kappa shape index (κ3) is 9.10. The molecule has 10 heteroatoms. The Hall–Kier alpha value is -3.04. The highest BCUT2D eigenvalue weighted by molar-refractivity contribution is 5.75. The summed E-state index contributed by atoms with van der Waals surface area (Å²) in [5, 5.41) is 16.7. The molecule has 2 N–H and O–H groups in total. The second-order valence-electron chi connectivity index (χ2n) is 6.98. The molecule has 2 amide bonds. The highest BCUT2D eigenvalue weighted by atomic mass is 16.6. The van der Waals surface area contributed by atoms with Crippen LogP contribution >= 0.6 is 0 Å². The van der Waals surface area contributed by atoms with Crippen LogP contribution in [-0.2, 0) is 9.53 Å². The van der Waals surface area contributed by atoms with Crippen LogP contribution in [0.1, 0.15) is 64.0 Å². The van der Waals surface area contributed by atoms with Crippen molar-refractivity contribution < 1.29 is 28.7 Å². The molecule has 31 heavy (non-hydrogen) atoms. The van der Waals surface area contributed by atoms with Gasteiger partial charge in [-0.05, 0) is 25.8 Å². The molecule has 10 nitrogen and oxygen atoms in total. The Morgan fingerprint density at radius 1 is 1.16 bits per heavy atom. The summed E-state index contributed by atoms with van der Waals surface area (Å²) in [6.07, 6.45) is 3.55. The highest BCUT2D eigenvalue weighted by Gasteiger charge is 2.25. The first-order valence-corrected chi connectivity index (χ1v) is 10.5. The molecule has 0 aliphatic carbocycles. The normalized spacial score (nSPS) is 11.4. The summed E-state index contributed by atoms with van der Waals surface area (Å²) in [4.78, 5) is 34.3. The Kier molecular flexibility index (Phi) is 11.8. The number of nitro groups is 1. The fraction of sp³-hybridized carbons (Fsp3) is 0.619. The predicted octanol–water partition coefficient (Wildman–Crippen LogP) is 3.88. The van der Waals surface area contributed by atoms with Gasteiger partial charge in [0.05, 0.1) is 30.3 Å². The molecule has 0 aromatic heterocycles. The number of hydrogen-bond acceptors (Lipinski definition) is 7. The average molecular weight is 440 g/mol. The Bertz CT molecular complexity index is 740. The van der Waals surface area contributed by atoms with E-state index in [1.165, 1.54) is 33.2 Å². The minimum absolute atomic E-state index is 0.0476. The second kappa shape index (κ2) is 14.1. The van der Waals surface area contributed by atoms with Crippen LogP contribution in [-0.4, -0.2) is 44.2 Å².